The summed E-state index contributed by atoms with van der Waals surface area (Å²) in [5.41, 5.74) is 2.27. The summed E-state index contributed by atoms with van der Waals surface area (Å²) in [5.74, 6) is 0.277. The lowest BCUT2D eigenvalue weighted by atomic mass is 9.86. The number of amides is 1. The van der Waals surface area contributed by atoms with Crippen LogP contribution in [0.25, 0.3) is 0 Å². The molecule has 0 saturated carbocycles. The van der Waals surface area contributed by atoms with Crippen LogP contribution in [0.3, 0.4) is 0 Å². The van der Waals surface area contributed by atoms with E-state index in [1.54, 1.807) is 0 Å². The number of fused-ring (bicyclic) bond motifs is 1. The Morgan fingerprint density at radius 1 is 1.40 bits per heavy atom. The molecule has 1 heterocycles. The van der Waals surface area contributed by atoms with Gasteiger partial charge in [0.15, 0.2) is 0 Å². The molecule has 1 aromatic carbocycles. The molecule has 1 aliphatic rings. The molecule has 1 aromatic rings. The van der Waals surface area contributed by atoms with E-state index in [1.165, 1.54) is 0 Å². The summed E-state index contributed by atoms with van der Waals surface area (Å²) in [6.45, 7) is 9.28. The molecule has 0 aliphatic carbocycles. The van der Waals surface area contributed by atoms with E-state index < -0.39 is 0 Å². The zero-order valence-corrected chi connectivity index (χ0v) is 13.0. The normalized spacial score (nSPS) is 22.6. The summed E-state index contributed by atoms with van der Waals surface area (Å²) < 4.78 is 0. The van der Waals surface area contributed by atoms with Gasteiger partial charge in [-0.2, -0.15) is 0 Å². The second-order valence-corrected chi connectivity index (χ2v) is 5.80. The number of benzene rings is 1. The molecule has 0 saturated heterocycles. The molecular weight excluding hydrogens is 248 g/mol. The Kier molecular flexibility index (Phi) is 4.69. The highest BCUT2D eigenvalue weighted by Crippen LogP contribution is 2.35. The minimum Gasteiger partial charge on any atom is -0.382 e. The van der Waals surface area contributed by atoms with Gasteiger partial charge in [-0.3, -0.25) is 4.79 Å². The molecule has 0 aromatic heterocycles. The molecule has 110 valence electrons. The molecule has 3 atom stereocenters. The standard InChI is InChI=1S/C17H26N2O/c1-5-13(4)19(6-2)17(20)15-11-12(3)18-16-10-8-7-9-14(15)16/h7-10,12-13,15,18H,5-6,11H2,1-4H3. The van der Waals surface area contributed by atoms with Gasteiger partial charge in [-0.25, -0.2) is 0 Å². The van der Waals surface area contributed by atoms with Crippen LogP contribution in [0.5, 0.6) is 0 Å². The molecule has 1 amide bonds. The van der Waals surface area contributed by atoms with E-state index >= 15 is 0 Å². The van der Waals surface area contributed by atoms with Gasteiger partial charge >= 0.3 is 0 Å². The Morgan fingerprint density at radius 2 is 2.10 bits per heavy atom. The summed E-state index contributed by atoms with van der Waals surface area (Å²) in [6.07, 6.45) is 1.88. The number of carbonyl (C=O) groups is 1. The molecule has 0 bridgehead atoms. The molecule has 1 N–H and O–H groups in total. The third-order valence-corrected chi connectivity index (χ3v) is 4.37. The van der Waals surface area contributed by atoms with Crippen molar-refractivity contribution in [3.8, 4) is 0 Å². The Morgan fingerprint density at radius 3 is 2.75 bits per heavy atom. The van der Waals surface area contributed by atoms with Crippen molar-refractivity contribution in [3.05, 3.63) is 29.8 Å². The Labute approximate surface area is 122 Å². The SMILES string of the molecule is CCC(C)N(CC)C(=O)C1CC(C)Nc2ccccc21. The number of anilines is 1. The van der Waals surface area contributed by atoms with Gasteiger partial charge in [0.2, 0.25) is 5.91 Å². The molecule has 3 heteroatoms. The molecule has 1 aliphatic heterocycles. The average Bonchev–Trinajstić information content (AvgIpc) is 2.46. The number of hydrogen-bond donors (Lipinski definition) is 1. The van der Waals surface area contributed by atoms with E-state index in [9.17, 15) is 4.79 Å². The summed E-state index contributed by atoms with van der Waals surface area (Å²) in [5, 5.41) is 3.47. The first kappa shape index (κ1) is 14.9. The zero-order valence-electron chi connectivity index (χ0n) is 13.0. The summed E-state index contributed by atoms with van der Waals surface area (Å²) in [7, 11) is 0. The lowest BCUT2D eigenvalue weighted by Gasteiger charge is -2.36. The van der Waals surface area contributed by atoms with E-state index in [0.717, 1.165) is 30.6 Å². The van der Waals surface area contributed by atoms with Crippen molar-refractivity contribution in [2.75, 3.05) is 11.9 Å². The van der Waals surface area contributed by atoms with E-state index in [-0.39, 0.29) is 11.8 Å². The maximum atomic E-state index is 12.9. The third kappa shape index (κ3) is 2.82. The van der Waals surface area contributed by atoms with Crippen molar-refractivity contribution in [3.63, 3.8) is 0 Å². The minimum atomic E-state index is -0.00333. The van der Waals surface area contributed by atoms with Crippen molar-refractivity contribution in [2.45, 2.75) is 58.5 Å². The molecule has 0 radical (unpaired) electrons. The largest absolute Gasteiger partial charge is 0.382 e. The lowest BCUT2D eigenvalue weighted by molar-refractivity contribution is -0.135. The van der Waals surface area contributed by atoms with Gasteiger partial charge in [-0.15, -0.1) is 0 Å². The quantitative estimate of drug-likeness (QED) is 0.909. The van der Waals surface area contributed by atoms with Crippen molar-refractivity contribution in [1.82, 2.24) is 4.90 Å². The highest BCUT2D eigenvalue weighted by molar-refractivity contribution is 5.86. The fraction of sp³-hybridized carbons (Fsp3) is 0.588. The van der Waals surface area contributed by atoms with Gasteiger partial charge in [-0.1, -0.05) is 25.1 Å². The number of hydrogen-bond acceptors (Lipinski definition) is 2. The minimum absolute atomic E-state index is 0.00333. The van der Waals surface area contributed by atoms with Crippen molar-refractivity contribution in [2.24, 2.45) is 0 Å². The number of likely N-dealkylation sites (N-methyl/N-ethyl adjacent to an activating group) is 1. The first-order valence-corrected chi connectivity index (χ1v) is 7.74. The Bertz CT molecular complexity index is 472. The fourth-order valence-electron chi connectivity index (χ4n) is 3.08. The van der Waals surface area contributed by atoms with Crippen LogP contribution in [0, 0.1) is 0 Å². The number of carbonyl (C=O) groups excluding carboxylic acids is 1. The monoisotopic (exact) mass is 274 g/mol. The topological polar surface area (TPSA) is 32.3 Å². The molecule has 3 nitrogen and oxygen atoms in total. The zero-order chi connectivity index (χ0) is 14.7. The van der Waals surface area contributed by atoms with Crippen LogP contribution < -0.4 is 5.32 Å². The van der Waals surface area contributed by atoms with Crippen LogP contribution >= 0.6 is 0 Å². The van der Waals surface area contributed by atoms with Crippen LogP contribution in [-0.2, 0) is 4.79 Å². The maximum absolute atomic E-state index is 12.9. The van der Waals surface area contributed by atoms with Crippen molar-refractivity contribution >= 4 is 11.6 Å². The number of nitrogens with zero attached hydrogens (tertiary/aromatic N) is 1. The average molecular weight is 274 g/mol. The second kappa shape index (κ2) is 6.29. The van der Waals surface area contributed by atoms with Crippen LogP contribution in [0.4, 0.5) is 5.69 Å². The fourth-order valence-corrected chi connectivity index (χ4v) is 3.08. The highest BCUT2D eigenvalue weighted by atomic mass is 16.2. The van der Waals surface area contributed by atoms with E-state index in [0.29, 0.717) is 12.1 Å². The first-order chi connectivity index (χ1) is 9.58. The highest BCUT2D eigenvalue weighted by Gasteiger charge is 2.33. The predicted molar refractivity (Wildman–Crippen MR) is 84.0 cm³/mol. The summed E-state index contributed by atoms with van der Waals surface area (Å²) >= 11 is 0. The van der Waals surface area contributed by atoms with E-state index in [1.807, 2.05) is 17.0 Å². The van der Waals surface area contributed by atoms with Crippen LogP contribution in [0.1, 0.15) is 52.0 Å². The number of rotatable bonds is 4. The maximum Gasteiger partial charge on any atom is 0.230 e. The van der Waals surface area contributed by atoms with Gasteiger partial charge in [-0.05, 0) is 45.2 Å². The first-order valence-electron chi connectivity index (χ1n) is 7.74. The number of para-hydroxylation sites is 1. The molecule has 2 rings (SSSR count). The van der Waals surface area contributed by atoms with Gasteiger partial charge in [0.1, 0.15) is 0 Å². The smallest absolute Gasteiger partial charge is 0.230 e. The van der Waals surface area contributed by atoms with Gasteiger partial charge in [0.05, 0.1) is 5.92 Å². The third-order valence-electron chi connectivity index (χ3n) is 4.37. The van der Waals surface area contributed by atoms with Gasteiger partial charge in [0.25, 0.3) is 0 Å². The van der Waals surface area contributed by atoms with Crippen LogP contribution in [0.2, 0.25) is 0 Å². The van der Waals surface area contributed by atoms with Crippen LogP contribution in [0.15, 0.2) is 24.3 Å². The van der Waals surface area contributed by atoms with Crippen LogP contribution in [-0.4, -0.2) is 29.4 Å². The number of nitrogens with one attached hydrogen (secondary N) is 1. The lowest BCUT2D eigenvalue weighted by Crippen LogP contribution is -2.43. The van der Waals surface area contributed by atoms with E-state index in [2.05, 4.69) is 45.1 Å². The molecule has 0 spiro atoms. The molecule has 3 unspecified atom stereocenters. The summed E-state index contributed by atoms with van der Waals surface area (Å²) in [6, 6.07) is 8.86. The van der Waals surface area contributed by atoms with Crippen molar-refractivity contribution in [1.29, 1.82) is 0 Å². The summed E-state index contributed by atoms with van der Waals surface area (Å²) in [4.78, 5) is 15.0. The van der Waals surface area contributed by atoms with Crippen molar-refractivity contribution < 1.29 is 4.79 Å². The molecule has 0 fully saturated rings. The molecule has 20 heavy (non-hydrogen) atoms. The Balaban J connectivity index is 2.30. The Hall–Kier alpha value is -1.51. The van der Waals surface area contributed by atoms with E-state index in [4.69, 9.17) is 0 Å². The molecular formula is C17H26N2O. The predicted octanol–water partition coefficient (Wildman–Crippen LogP) is 3.62. The second-order valence-electron chi connectivity index (χ2n) is 5.80. The van der Waals surface area contributed by atoms with Gasteiger partial charge < -0.3 is 10.2 Å². The van der Waals surface area contributed by atoms with Gasteiger partial charge in [0, 0.05) is 24.3 Å².